The van der Waals surface area contributed by atoms with E-state index >= 15 is 4.39 Å². The Morgan fingerprint density at radius 3 is 1.62 bits per heavy atom. The highest BCUT2D eigenvalue weighted by Gasteiger charge is 2.82. The molecule has 0 saturated carbocycles. The monoisotopic (exact) mass is 593 g/mol. The standard InChI is InChI=1S/C18H27F11NO6P/c1-9(7-10(2)35-37(32,33)34)8-30-11(31)14(20,16(22,23)24)13(5,6)36-18(28,29)15(21,12(3,4)19)17(25,26)27/h9-10H,7-8H2,1-6H3,(H,30,31)(H2,32,33,34). The predicted molar refractivity (Wildman–Crippen MR) is 104 cm³/mol. The molecule has 0 bridgehead atoms. The van der Waals surface area contributed by atoms with E-state index in [9.17, 15) is 53.3 Å². The van der Waals surface area contributed by atoms with Crippen LogP contribution in [-0.2, 0) is 18.6 Å². The van der Waals surface area contributed by atoms with Crippen LogP contribution in [-0.4, -0.2) is 69.4 Å². The number of carbonyl (C=O) groups is 1. The normalized spacial score (nSPS) is 19.5. The van der Waals surface area contributed by atoms with Crippen molar-refractivity contribution in [1.82, 2.24) is 5.32 Å². The molecular formula is C18H27F11NO6P. The molecule has 19 heteroatoms. The minimum absolute atomic E-state index is 0.213. The molecule has 0 aromatic heterocycles. The van der Waals surface area contributed by atoms with Gasteiger partial charge in [-0.1, -0.05) is 6.92 Å². The van der Waals surface area contributed by atoms with Gasteiger partial charge >= 0.3 is 37.6 Å². The summed E-state index contributed by atoms with van der Waals surface area (Å²) >= 11 is 0. The van der Waals surface area contributed by atoms with E-state index in [4.69, 9.17) is 9.79 Å². The highest BCUT2D eigenvalue weighted by Crippen LogP contribution is 2.56. The maximum Gasteiger partial charge on any atom is 0.469 e. The van der Waals surface area contributed by atoms with Crippen LogP contribution in [0.1, 0.15) is 48.0 Å². The molecule has 0 heterocycles. The largest absolute Gasteiger partial charge is 0.469 e. The van der Waals surface area contributed by atoms with Gasteiger partial charge in [-0.25, -0.2) is 17.7 Å². The van der Waals surface area contributed by atoms with Crippen LogP contribution in [0.4, 0.5) is 48.3 Å². The molecule has 0 aromatic carbocycles. The summed E-state index contributed by atoms with van der Waals surface area (Å²) in [5.74, 6) is -3.71. The third-order valence-corrected chi connectivity index (χ3v) is 5.82. The third kappa shape index (κ3) is 7.67. The van der Waals surface area contributed by atoms with Crippen LogP contribution in [0.3, 0.4) is 0 Å². The highest BCUT2D eigenvalue weighted by atomic mass is 31.2. The van der Waals surface area contributed by atoms with E-state index in [0.29, 0.717) is 0 Å². The number of nitrogens with one attached hydrogen (secondary N) is 1. The first-order chi connectivity index (χ1) is 15.9. The zero-order valence-electron chi connectivity index (χ0n) is 20.2. The van der Waals surface area contributed by atoms with Gasteiger partial charge in [0.2, 0.25) is 0 Å². The third-order valence-electron chi connectivity index (χ3n) is 5.19. The van der Waals surface area contributed by atoms with E-state index in [1.165, 1.54) is 12.2 Å². The first kappa shape index (κ1) is 35.8. The second-order valence-corrected chi connectivity index (χ2v) is 10.6. The molecule has 37 heavy (non-hydrogen) atoms. The topological polar surface area (TPSA) is 105 Å². The van der Waals surface area contributed by atoms with Crippen LogP contribution in [0.5, 0.6) is 0 Å². The van der Waals surface area contributed by atoms with Crippen molar-refractivity contribution in [3.63, 3.8) is 0 Å². The lowest BCUT2D eigenvalue weighted by molar-refractivity contribution is -0.438. The van der Waals surface area contributed by atoms with Gasteiger partial charge in [-0.3, -0.25) is 9.32 Å². The molecular weight excluding hydrogens is 566 g/mol. The highest BCUT2D eigenvalue weighted by molar-refractivity contribution is 7.46. The van der Waals surface area contributed by atoms with Crippen LogP contribution in [0.25, 0.3) is 0 Å². The van der Waals surface area contributed by atoms with Crippen LogP contribution in [0.15, 0.2) is 0 Å². The van der Waals surface area contributed by atoms with Crippen molar-refractivity contribution in [2.75, 3.05) is 6.54 Å². The van der Waals surface area contributed by atoms with Crippen LogP contribution >= 0.6 is 7.82 Å². The average Bonchev–Trinajstić information content (AvgIpc) is 2.58. The van der Waals surface area contributed by atoms with Gasteiger partial charge in [0.05, 0.1) is 6.10 Å². The van der Waals surface area contributed by atoms with Gasteiger partial charge < -0.3 is 19.8 Å². The molecule has 0 aromatic rings. The molecule has 3 N–H and O–H groups in total. The molecule has 0 saturated heterocycles. The summed E-state index contributed by atoms with van der Waals surface area (Å²) in [5, 5.41) is 1.39. The molecule has 0 aliphatic heterocycles. The summed E-state index contributed by atoms with van der Waals surface area (Å²) in [6.45, 7) is 0.403. The molecule has 0 aliphatic rings. The average molecular weight is 593 g/mol. The van der Waals surface area contributed by atoms with E-state index in [1.807, 2.05) is 0 Å². The van der Waals surface area contributed by atoms with E-state index < -0.39 is 73.4 Å². The fraction of sp³-hybridized carbons (Fsp3) is 0.944. The summed E-state index contributed by atoms with van der Waals surface area (Å²) in [6, 6.07) is 0. The lowest BCUT2D eigenvalue weighted by Gasteiger charge is -2.46. The Labute approximate surface area is 204 Å². The minimum atomic E-state index is -6.77. The smallest absolute Gasteiger partial charge is 0.353 e. The number of phosphoric acid groups is 1. The van der Waals surface area contributed by atoms with Gasteiger partial charge in [0.1, 0.15) is 5.60 Å². The molecule has 0 fully saturated rings. The molecule has 1 amide bonds. The number of hydrogen-bond acceptors (Lipinski definition) is 4. The number of rotatable bonds is 12. The number of phosphoric ester groups is 1. The SMILES string of the molecule is CC(CNC(=O)C(F)(C(F)(F)F)C(C)(C)OC(F)(F)C(F)(C(C)(C)F)C(F)(F)F)CC(C)OP(=O)(O)O. The number of alkyl halides is 11. The number of hydrogen-bond donors (Lipinski definition) is 3. The molecule has 0 radical (unpaired) electrons. The fourth-order valence-corrected chi connectivity index (χ4v) is 3.92. The first-order valence-electron chi connectivity index (χ1n) is 10.2. The summed E-state index contributed by atoms with van der Waals surface area (Å²) in [4.78, 5) is 29.6. The van der Waals surface area contributed by atoms with Crippen molar-refractivity contribution in [1.29, 1.82) is 0 Å². The predicted octanol–water partition coefficient (Wildman–Crippen LogP) is 5.30. The minimum Gasteiger partial charge on any atom is -0.353 e. The summed E-state index contributed by atoms with van der Waals surface area (Å²) in [7, 11) is -4.97. The van der Waals surface area contributed by atoms with E-state index in [2.05, 4.69) is 9.26 Å². The van der Waals surface area contributed by atoms with Gasteiger partial charge in [0.25, 0.3) is 5.91 Å². The summed E-state index contributed by atoms with van der Waals surface area (Å²) in [5.41, 5.74) is -20.6. The van der Waals surface area contributed by atoms with Crippen molar-refractivity contribution >= 4 is 13.7 Å². The lowest BCUT2D eigenvalue weighted by atomic mass is 9.83. The molecule has 4 atom stereocenters. The first-order valence-corrected chi connectivity index (χ1v) is 11.7. The van der Waals surface area contributed by atoms with Gasteiger partial charge in [0.15, 0.2) is 5.67 Å². The van der Waals surface area contributed by atoms with Gasteiger partial charge in [0, 0.05) is 6.54 Å². The molecule has 222 valence electrons. The van der Waals surface area contributed by atoms with Crippen molar-refractivity contribution in [2.45, 2.75) is 95.1 Å². The number of ether oxygens (including phenoxy) is 1. The molecule has 0 aliphatic carbocycles. The number of amides is 1. The maximum absolute atomic E-state index is 15.3. The van der Waals surface area contributed by atoms with Crippen LogP contribution in [0.2, 0.25) is 0 Å². The van der Waals surface area contributed by atoms with Crippen LogP contribution < -0.4 is 5.32 Å². The Hall–Kier alpha value is -1.23. The Balaban J connectivity index is 6.17. The fourth-order valence-electron chi connectivity index (χ4n) is 3.37. The Bertz CT molecular complexity index is 839. The Morgan fingerprint density at radius 2 is 1.30 bits per heavy atom. The van der Waals surface area contributed by atoms with Gasteiger partial charge in [-0.15, -0.1) is 0 Å². The second-order valence-electron chi connectivity index (χ2n) is 9.37. The van der Waals surface area contributed by atoms with Crippen molar-refractivity contribution in [3.05, 3.63) is 0 Å². The number of halogens is 11. The quantitative estimate of drug-likeness (QED) is 0.210. The molecule has 7 nitrogen and oxygen atoms in total. The Kier molecular flexibility index (Phi) is 10.4. The van der Waals surface area contributed by atoms with Gasteiger partial charge in [-0.05, 0) is 47.0 Å². The van der Waals surface area contributed by atoms with Crippen LogP contribution in [0, 0.1) is 5.92 Å². The second kappa shape index (κ2) is 10.7. The summed E-state index contributed by atoms with van der Waals surface area (Å²) < 4.78 is 172. The molecule has 0 spiro atoms. The van der Waals surface area contributed by atoms with Crippen molar-refractivity contribution in [2.24, 2.45) is 5.92 Å². The number of carbonyl (C=O) groups excluding carboxylic acids is 1. The Morgan fingerprint density at radius 1 is 0.865 bits per heavy atom. The van der Waals surface area contributed by atoms with Gasteiger partial charge in [-0.2, -0.15) is 35.1 Å². The maximum atomic E-state index is 15.3. The van der Waals surface area contributed by atoms with Crippen molar-refractivity contribution < 1.29 is 76.7 Å². The van der Waals surface area contributed by atoms with E-state index in [-0.39, 0.29) is 34.1 Å². The zero-order chi connectivity index (χ0) is 30.3. The zero-order valence-corrected chi connectivity index (χ0v) is 21.1. The molecule has 0 rings (SSSR count). The van der Waals surface area contributed by atoms with E-state index in [1.54, 1.807) is 0 Å². The van der Waals surface area contributed by atoms with E-state index in [0.717, 1.165) is 6.92 Å². The van der Waals surface area contributed by atoms with Crippen molar-refractivity contribution in [3.8, 4) is 0 Å². The summed E-state index contributed by atoms with van der Waals surface area (Å²) in [6.07, 6.45) is -21.3. The molecule has 4 unspecified atom stereocenters. The lowest BCUT2D eigenvalue weighted by Crippen LogP contribution is -2.72.